The van der Waals surface area contributed by atoms with E-state index in [2.05, 4.69) is 0 Å². The summed E-state index contributed by atoms with van der Waals surface area (Å²) in [6.45, 7) is 1.95. The first-order valence-corrected chi connectivity index (χ1v) is 12.2. The van der Waals surface area contributed by atoms with Gasteiger partial charge in [-0.2, -0.15) is 0 Å². The number of nitrogens with zero attached hydrogens (tertiary/aromatic N) is 2. The highest BCUT2D eigenvalue weighted by Gasteiger charge is 2.61. The number of hydrogen-bond donors (Lipinski definition) is 0. The second-order valence-electron chi connectivity index (χ2n) is 8.84. The molecule has 2 aliphatic rings. The van der Waals surface area contributed by atoms with E-state index in [9.17, 15) is 9.59 Å². The zero-order valence-corrected chi connectivity index (χ0v) is 20.6. The Labute approximate surface area is 217 Å². The molecule has 1 aromatic heterocycles. The van der Waals surface area contributed by atoms with E-state index in [-0.39, 0.29) is 5.91 Å². The molecule has 3 atom stereocenters. The van der Waals surface area contributed by atoms with E-state index < -0.39 is 24.0 Å². The van der Waals surface area contributed by atoms with Gasteiger partial charge in [0, 0.05) is 5.56 Å². The number of para-hydroxylation sites is 1. The van der Waals surface area contributed by atoms with Crippen LogP contribution in [0, 0.1) is 12.8 Å². The molecule has 3 heterocycles. The van der Waals surface area contributed by atoms with Crippen molar-refractivity contribution in [1.29, 1.82) is 0 Å². The van der Waals surface area contributed by atoms with Crippen molar-refractivity contribution in [2.45, 2.75) is 19.1 Å². The van der Waals surface area contributed by atoms with Crippen LogP contribution < -0.4 is 9.96 Å². The Morgan fingerprint density at radius 2 is 1.53 bits per heavy atom. The fraction of sp³-hybridized carbons (Fsp3) is 0.143. The fourth-order valence-corrected chi connectivity index (χ4v) is 5.06. The molecule has 2 saturated heterocycles. The number of hydroxylamine groups is 1. The molecular weight excluding hydrogens is 499 g/mol. The first-order chi connectivity index (χ1) is 17.4. The van der Waals surface area contributed by atoms with Crippen LogP contribution in [0.3, 0.4) is 0 Å². The fourth-order valence-electron chi connectivity index (χ4n) is 4.77. The number of hydrogen-bond acceptors (Lipinski definition) is 5. The number of fused-ring (bicyclic) bond motifs is 1. The molecule has 2 amide bonds. The summed E-state index contributed by atoms with van der Waals surface area (Å²) in [7, 11) is 0. The van der Waals surface area contributed by atoms with Gasteiger partial charge in [0.1, 0.15) is 23.5 Å². The third kappa shape index (κ3) is 3.69. The van der Waals surface area contributed by atoms with E-state index in [1.54, 1.807) is 35.4 Å². The smallest absolute Gasteiger partial charge is 0.266 e. The van der Waals surface area contributed by atoms with Gasteiger partial charge in [-0.25, -0.2) is 9.96 Å². The number of aryl methyl sites for hydroxylation is 1. The minimum Gasteiger partial charge on any atom is -0.459 e. The molecule has 0 radical (unpaired) electrons. The highest BCUT2D eigenvalue weighted by molar-refractivity contribution is 6.42. The second kappa shape index (κ2) is 8.82. The normalized spacial score (nSPS) is 21.4. The average molecular weight is 519 g/mol. The summed E-state index contributed by atoms with van der Waals surface area (Å²) in [5.74, 6) is -0.448. The highest BCUT2D eigenvalue weighted by Crippen LogP contribution is 2.48. The van der Waals surface area contributed by atoms with Crippen molar-refractivity contribution < 1.29 is 18.8 Å². The SMILES string of the molecule is Cc1ccc(N2C(=O)[C@H]3[C@H](ON(c4ccccc4)[C@@H]3c3ccc(-c4ccc(Cl)c(Cl)c4)o3)C2=O)cc1. The number of rotatable bonds is 4. The summed E-state index contributed by atoms with van der Waals surface area (Å²) in [4.78, 5) is 34.5. The summed E-state index contributed by atoms with van der Waals surface area (Å²) in [6.07, 6.45) is -0.970. The molecule has 0 unspecified atom stereocenters. The molecule has 8 heteroatoms. The van der Waals surface area contributed by atoms with Crippen LogP contribution in [0.4, 0.5) is 11.4 Å². The van der Waals surface area contributed by atoms with Gasteiger partial charge in [-0.3, -0.25) is 14.4 Å². The van der Waals surface area contributed by atoms with Gasteiger partial charge in [-0.05, 0) is 61.5 Å². The lowest BCUT2D eigenvalue weighted by molar-refractivity contribution is -0.126. The lowest BCUT2D eigenvalue weighted by atomic mass is 9.94. The van der Waals surface area contributed by atoms with E-state index >= 15 is 0 Å². The van der Waals surface area contributed by atoms with Crippen molar-refractivity contribution >= 4 is 46.4 Å². The molecule has 36 heavy (non-hydrogen) atoms. The molecular formula is C28H20Cl2N2O4. The highest BCUT2D eigenvalue weighted by atomic mass is 35.5. The Morgan fingerprint density at radius 3 is 2.25 bits per heavy atom. The van der Waals surface area contributed by atoms with Gasteiger partial charge >= 0.3 is 0 Å². The number of anilines is 2. The van der Waals surface area contributed by atoms with Crippen molar-refractivity contribution in [3.8, 4) is 11.3 Å². The Morgan fingerprint density at radius 1 is 0.778 bits per heavy atom. The number of carbonyl (C=O) groups is 2. The maximum atomic E-state index is 13.7. The van der Waals surface area contributed by atoms with E-state index in [0.29, 0.717) is 32.9 Å². The summed E-state index contributed by atoms with van der Waals surface area (Å²) in [6, 6.07) is 24.8. The molecule has 0 spiro atoms. The molecule has 0 aliphatic carbocycles. The Kier molecular flexibility index (Phi) is 5.60. The van der Waals surface area contributed by atoms with Gasteiger partial charge in [0.25, 0.3) is 5.91 Å². The molecule has 0 saturated carbocycles. The molecule has 2 aliphatic heterocycles. The van der Waals surface area contributed by atoms with E-state index in [1.807, 2.05) is 61.5 Å². The molecule has 180 valence electrons. The molecule has 3 aromatic carbocycles. The number of benzene rings is 3. The van der Waals surface area contributed by atoms with Gasteiger partial charge in [-0.1, -0.05) is 59.1 Å². The topological polar surface area (TPSA) is 63.0 Å². The van der Waals surface area contributed by atoms with Gasteiger partial charge in [0.05, 0.1) is 21.4 Å². The van der Waals surface area contributed by atoms with Crippen LogP contribution in [0.25, 0.3) is 11.3 Å². The average Bonchev–Trinajstić information content (AvgIpc) is 3.58. The maximum Gasteiger partial charge on any atom is 0.266 e. The van der Waals surface area contributed by atoms with Gasteiger partial charge < -0.3 is 4.42 Å². The predicted octanol–water partition coefficient (Wildman–Crippen LogP) is 6.61. The van der Waals surface area contributed by atoms with E-state index in [0.717, 1.165) is 11.1 Å². The second-order valence-corrected chi connectivity index (χ2v) is 9.65. The summed E-state index contributed by atoms with van der Waals surface area (Å²) >= 11 is 12.3. The number of carbonyl (C=O) groups excluding carboxylic acids is 2. The van der Waals surface area contributed by atoms with Gasteiger partial charge in [-0.15, -0.1) is 0 Å². The minimum absolute atomic E-state index is 0.329. The zero-order valence-electron chi connectivity index (χ0n) is 19.1. The first kappa shape index (κ1) is 22.9. The van der Waals surface area contributed by atoms with E-state index in [4.69, 9.17) is 32.5 Å². The van der Waals surface area contributed by atoms with Crippen LogP contribution in [-0.4, -0.2) is 17.9 Å². The van der Waals surface area contributed by atoms with Crippen LogP contribution in [0.1, 0.15) is 17.4 Å². The Balaban J connectivity index is 1.41. The van der Waals surface area contributed by atoms with E-state index in [1.165, 1.54) is 4.90 Å². The van der Waals surface area contributed by atoms with Crippen molar-refractivity contribution in [3.05, 3.63) is 106 Å². The molecule has 6 rings (SSSR count). The number of amides is 2. The van der Waals surface area contributed by atoms with Crippen LogP contribution in [0.2, 0.25) is 10.0 Å². The first-order valence-electron chi connectivity index (χ1n) is 11.4. The molecule has 4 aromatic rings. The monoisotopic (exact) mass is 518 g/mol. The number of furan rings is 1. The van der Waals surface area contributed by atoms with Crippen molar-refractivity contribution in [1.82, 2.24) is 0 Å². The zero-order chi connectivity index (χ0) is 25.0. The molecule has 0 bridgehead atoms. The minimum atomic E-state index is -0.970. The predicted molar refractivity (Wildman–Crippen MR) is 138 cm³/mol. The summed E-state index contributed by atoms with van der Waals surface area (Å²) < 4.78 is 6.24. The van der Waals surface area contributed by atoms with Gasteiger partial charge in [0.2, 0.25) is 5.91 Å². The maximum absolute atomic E-state index is 13.7. The van der Waals surface area contributed by atoms with Crippen molar-refractivity contribution in [2.75, 3.05) is 9.96 Å². The standard InChI is InChI=1S/C28H20Cl2N2O4/c1-16-7-10-18(11-8-16)31-27(33)24-25(32(36-26(24)28(31)34)19-5-3-2-4-6-19)23-14-13-22(35-23)17-9-12-20(29)21(30)15-17/h2-15,24-26H,1H3/t24-,25-,26+/m1/s1. The van der Waals surface area contributed by atoms with Gasteiger partial charge in [0.15, 0.2) is 6.10 Å². The number of halogens is 2. The Hall–Kier alpha value is -3.58. The summed E-state index contributed by atoms with van der Waals surface area (Å²) in [5.41, 5.74) is 3.02. The molecule has 2 fully saturated rings. The lowest BCUT2D eigenvalue weighted by Gasteiger charge is -2.27. The van der Waals surface area contributed by atoms with Crippen molar-refractivity contribution in [2.24, 2.45) is 5.92 Å². The van der Waals surface area contributed by atoms with Crippen LogP contribution in [0.15, 0.2) is 89.3 Å². The van der Waals surface area contributed by atoms with Crippen LogP contribution >= 0.6 is 23.2 Å². The van der Waals surface area contributed by atoms with Crippen LogP contribution in [-0.2, 0) is 14.4 Å². The third-order valence-corrected chi connectivity index (χ3v) is 7.28. The Bertz CT molecular complexity index is 1470. The molecule has 0 N–H and O–H groups in total. The molecule has 6 nitrogen and oxygen atoms in total. The van der Waals surface area contributed by atoms with Crippen LogP contribution in [0.5, 0.6) is 0 Å². The third-order valence-electron chi connectivity index (χ3n) is 6.54. The number of imide groups is 1. The summed E-state index contributed by atoms with van der Waals surface area (Å²) in [5, 5.41) is 2.46. The quantitative estimate of drug-likeness (QED) is 0.284. The van der Waals surface area contributed by atoms with Crippen molar-refractivity contribution in [3.63, 3.8) is 0 Å². The lowest BCUT2D eigenvalue weighted by Crippen LogP contribution is -2.37. The largest absolute Gasteiger partial charge is 0.459 e.